The molecule has 20 heavy (non-hydrogen) atoms. The Morgan fingerprint density at radius 2 is 2.25 bits per heavy atom. The second-order valence-electron chi connectivity index (χ2n) is 5.75. The van der Waals surface area contributed by atoms with Gasteiger partial charge in [-0.05, 0) is 49.4 Å². The van der Waals surface area contributed by atoms with Crippen LogP contribution >= 0.6 is 0 Å². The molecule has 2 atom stereocenters. The Morgan fingerprint density at radius 1 is 1.45 bits per heavy atom. The maximum absolute atomic E-state index is 10.6. The minimum absolute atomic E-state index is 0.613. The lowest BCUT2D eigenvalue weighted by Crippen LogP contribution is -2.41. The van der Waals surface area contributed by atoms with Gasteiger partial charge in [0.15, 0.2) is 0 Å². The lowest BCUT2D eigenvalue weighted by Gasteiger charge is -2.38. The molecule has 2 rings (SSSR count). The van der Waals surface area contributed by atoms with Crippen molar-refractivity contribution >= 4 is 12.0 Å². The number of benzene rings is 1. The highest BCUT2D eigenvalue weighted by molar-refractivity contribution is 5.85. The Bertz CT molecular complexity index is 496. The van der Waals surface area contributed by atoms with Crippen LogP contribution in [0.15, 0.2) is 30.3 Å². The predicted octanol–water partition coefficient (Wildman–Crippen LogP) is 3.40. The van der Waals surface area contributed by atoms with Crippen molar-refractivity contribution in [2.24, 2.45) is 5.92 Å². The Kier molecular flexibility index (Phi) is 4.96. The molecule has 1 aromatic carbocycles. The van der Waals surface area contributed by atoms with Gasteiger partial charge in [-0.25, -0.2) is 4.79 Å². The molecule has 0 amide bonds. The van der Waals surface area contributed by atoms with Crippen LogP contribution in [0, 0.1) is 5.92 Å². The van der Waals surface area contributed by atoms with Crippen molar-refractivity contribution in [2.75, 3.05) is 6.54 Å². The molecule has 108 valence electrons. The predicted molar refractivity (Wildman–Crippen MR) is 81.4 cm³/mol. The van der Waals surface area contributed by atoms with Crippen LogP contribution in [0.3, 0.4) is 0 Å². The third kappa shape index (κ3) is 3.94. The standard InChI is InChI=1S/C17H23NO2/c1-13-5-4-10-18(14(13)2)12-16-7-3-6-15(11-16)8-9-17(19)20/h3,6-9,11,13-14H,4-5,10,12H2,1-2H3,(H,19,20). The van der Waals surface area contributed by atoms with Gasteiger partial charge in [0.25, 0.3) is 0 Å². The zero-order valence-electron chi connectivity index (χ0n) is 12.2. The minimum atomic E-state index is -0.908. The third-order valence-electron chi connectivity index (χ3n) is 4.26. The normalized spacial score (nSPS) is 24.1. The molecular weight excluding hydrogens is 250 g/mol. The maximum Gasteiger partial charge on any atom is 0.328 e. The quantitative estimate of drug-likeness (QED) is 0.855. The van der Waals surface area contributed by atoms with E-state index in [1.54, 1.807) is 6.08 Å². The van der Waals surface area contributed by atoms with Gasteiger partial charge in [0, 0.05) is 18.7 Å². The second kappa shape index (κ2) is 6.71. The smallest absolute Gasteiger partial charge is 0.328 e. The molecule has 0 aliphatic carbocycles. The fourth-order valence-electron chi connectivity index (χ4n) is 2.84. The van der Waals surface area contributed by atoms with Gasteiger partial charge in [0.2, 0.25) is 0 Å². The Balaban J connectivity index is 2.05. The summed E-state index contributed by atoms with van der Waals surface area (Å²) < 4.78 is 0. The van der Waals surface area contributed by atoms with E-state index in [1.807, 2.05) is 12.1 Å². The first-order chi connectivity index (χ1) is 9.56. The number of hydrogen-bond acceptors (Lipinski definition) is 2. The van der Waals surface area contributed by atoms with E-state index in [-0.39, 0.29) is 0 Å². The van der Waals surface area contributed by atoms with Gasteiger partial charge in [-0.3, -0.25) is 4.90 Å². The number of aliphatic carboxylic acids is 1. The van der Waals surface area contributed by atoms with Crippen LogP contribution < -0.4 is 0 Å². The number of rotatable bonds is 4. The van der Waals surface area contributed by atoms with E-state index in [2.05, 4.69) is 30.9 Å². The molecule has 0 bridgehead atoms. The Morgan fingerprint density at radius 3 is 3.00 bits per heavy atom. The molecule has 3 nitrogen and oxygen atoms in total. The minimum Gasteiger partial charge on any atom is -0.478 e. The zero-order valence-corrected chi connectivity index (χ0v) is 12.2. The fourth-order valence-corrected chi connectivity index (χ4v) is 2.84. The second-order valence-corrected chi connectivity index (χ2v) is 5.75. The number of nitrogens with zero attached hydrogens (tertiary/aromatic N) is 1. The van der Waals surface area contributed by atoms with Gasteiger partial charge < -0.3 is 5.11 Å². The molecule has 1 aliphatic heterocycles. The van der Waals surface area contributed by atoms with E-state index < -0.39 is 5.97 Å². The molecule has 1 fully saturated rings. The number of likely N-dealkylation sites (tertiary alicyclic amines) is 1. The summed E-state index contributed by atoms with van der Waals surface area (Å²) in [5.41, 5.74) is 2.20. The van der Waals surface area contributed by atoms with Gasteiger partial charge in [0.05, 0.1) is 0 Å². The highest BCUT2D eigenvalue weighted by atomic mass is 16.4. The molecule has 1 aliphatic rings. The van der Waals surface area contributed by atoms with E-state index in [9.17, 15) is 4.79 Å². The van der Waals surface area contributed by atoms with Crippen molar-refractivity contribution in [3.05, 3.63) is 41.5 Å². The number of hydrogen-bond donors (Lipinski definition) is 1. The van der Waals surface area contributed by atoms with E-state index in [0.29, 0.717) is 6.04 Å². The zero-order chi connectivity index (χ0) is 14.5. The molecule has 1 N–H and O–H groups in total. The Labute approximate surface area is 120 Å². The maximum atomic E-state index is 10.6. The fraction of sp³-hybridized carbons (Fsp3) is 0.471. The monoisotopic (exact) mass is 273 g/mol. The third-order valence-corrected chi connectivity index (χ3v) is 4.26. The summed E-state index contributed by atoms with van der Waals surface area (Å²) in [6.07, 6.45) is 5.42. The highest BCUT2D eigenvalue weighted by Gasteiger charge is 2.24. The van der Waals surface area contributed by atoms with Crippen molar-refractivity contribution in [3.8, 4) is 0 Å². The highest BCUT2D eigenvalue weighted by Crippen LogP contribution is 2.24. The van der Waals surface area contributed by atoms with Crippen molar-refractivity contribution in [2.45, 2.75) is 39.3 Å². The van der Waals surface area contributed by atoms with Crippen LogP contribution in [0.4, 0.5) is 0 Å². The molecular formula is C17H23NO2. The van der Waals surface area contributed by atoms with Crippen molar-refractivity contribution in [1.82, 2.24) is 4.90 Å². The first kappa shape index (κ1) is 14.8. The molecule has 1 saturated heterocycles. The first-order valence-electron chi connectivity index (χ1n) is 7.30. The lowest BCUT2D eigenvalue weighted by molar-refractivity contribution is -0.131. The summed E-state index contributed by atoms with van der Waals surface area (Å²) in [4.78, 5) is 13.1. The molecule has 0 spiro atoms. The van der Waals surface area contributed by atoms with Gasteiger partial charge in [-0.15, -0.1) is 0 Å². The summed E-state index contributed by atoms with van der Waals surface area (Å²) in [6, 6.07) is 8.73. The largest absolute Gasteiger partial charge is 0.478 e. The number of carbonyl (C=O) groups is 1. The summed E-state index contributed by atoms with van der Waals surface area (Å²) in [6.45, 7) is 6.72. The average Bonchev–Trinajstić information content (AvgIpc) is 2.42. The van der Waals surface area contributed by atoms with Crippen molar-refractivity contribution < 1.29 is 9.90 Å². The SMILES string of the molecule is CC1CCCN(Cc2cccc(C=CC(=O)O)c2)C1C. The summed E-state index contributed by atoms with van der Waals surface area (Å²) in [7, 11) is 0. The molecule has 3 heteroatoms. The van der Waals surface area contributed by atoms with Crippen molar-refractivity contribution in [3.63, 3.8) is 0 Å². The molecule has 0 saturated carbocycles. The van der Waals surface area contributed by atoms with Gasteiger partial charge >= 0.3 is 5.97 Å². The summed E-state index contributed by atoms with van der Waals surface area (Å²) in [5, 5.41) is 8.67. The van der Waals surface area contributed by atoms with Crippen LogP contribution in [0.2, 0.25) is 0 Å². The van der Waals surface area contributed by atoms with Crippen LogP contribution in [0.1, 0.15) is 37.8 Å². The number of carboxylic acid groups (broad SMARTS) is 1. The van der Waals surface area contributed by atoms with Crippen LogP contribution in [0.5, 0.6) is 0 Å². The van der Waals surface area contributed by atoms with Gasteiger partial charge in [0.1, 0.15) is 0 Å². The molecule has 1 aromatic rings. The first-order valence-corrected chi connectivity index (χ1v) is 7.30. The Hall–Kier alpha value is -1.61. The molecule has 0 radical (unpaired) electrons. The van der Waals surface area contributed by atoms with Gasteiger partial charge in [-0.2, -0.15) is 0 Å². The van der Waals surface area contributed by atoms with E-state index in [1.165, 1.54) is 24.5 Å². The summed E-state index contributed by atoms with van der Waals surface area (Å²) >= 11 is 0. The van der Waals surface area contributed by atoms with E-state index in [0.717, 1.165) is 24.6 Å². The topological polar surface area (TPSA) is 40.5 Å². The van der Waals surface area contributed by atoms with E-state index >= 15 is 0 Å². The van der Waals surface area contributed by atoms with Crippen LogP contribution in [-0.4, -0.2) is 28.6 Å². The van der Waals surface area contributed by atoms with Crippen molar-refractivity contribution in [1.29, 1.82) is 0 Å². The molecule has 0 aromatic heterocycles. The number of carboxylic acids is 1. The lowest BCUT2D eigenvalue weighted by atomic mass is 9.91. The molecule has 1 heterocycles. The summed E-state index contributed by atoms with van der Waals surface area (Å²) in [5.74, 6) is -0.160. The van der Waals surface area contributed by atoms with Crippen LogP contribution in [-0.2, 0) is 11.3 Å². The average molecular weight is 273 g/mol. The van der Waals surface area contributed by atoms with Gasteiger partial charge in [-0.1, -0.05) is 31.2 Å². The van der Waals surface area contributed by atoms with Crippen LogP contribution in [0.25, 0.3) is 6.08 Å². The molecule has 2 unspecified atom stereocenters. The van der Waals surface area contributed by atoms with E-state index in [4.69, 9.17) is 5.11 Å². The number of piperidine rings is 1.